The van der Waals surface area contributed by atoms with E-state index in [1.807, 2.05) is 13.8 Å². The van der Waals surface area contributed by atoms with Crippen molar-refractivity contribution >= 4 is 28.2 Å². The summed E-state index contributed by atoms with van der Waals surface area (Å²) >= 11 is 1.34. The molecule has 1 aromatic carbocycles. The number of methoxy groups -OCH3 is 1. The number of esters is 1. The van der Waals surface area contributed by atoms with Crippen molar-refractivity contribution in [2.45, 2.75) is 45.2 Å². The molecule has 0 saturated heterocycles. The third kappa shape index (κ3) is 4.43. The number of para-hydroxylation sites is 1. The number of carbonyl (C=O) groups excluding carboxylic acids is 2. The number of fused-ring (bicyclic) bond motifs is 1. The van der Waals surface area contributed by atoms with Crippen molar-refractivity contribution in [3.8, 4) is 5.75 Å². The first-order valence-corrected chi connectivity index (χ1v) is 10.1. The van der Waals surface area contributed by atoms with E-state index in [0.717, 1.165) is 10.4 Å². The summed E-state index contributed by atoms with van der Waals surface area (Å²) in [5.74, 6) is -1.53. The van der Waals surface area contributed by atoms with Crippen molar-refractivity contribution < 1.29 is 23.5 Å². The number of amides is 1. The SMILES string of the molecule is COC(=O)c1c(NC(=O)COc2ccccc2F)sc2c1CC(C)(C)NC2(C)C. The number of hydrogen-bond acceptors (Lipinski definition) is 6. The van der Waals surface area contributed by atoms with Crippen LogP contribution in [0, 0.1) is 5.82 Å². The fraction of sp³-hybridized carbons (Fsp3) is 0.429. The fourth-order valence-electron chi connectivity index (χ4n) is 3.80. The lowest BCUT2D eigenvalue weighted by Gasteiger charge is -2.42. The molecule has 0 unspecified atom stereocenters. The Morgan fingerprint density at radius 2 is 1.93 bits per heavy atom. The second kappa shape index (κ2) is 7.76. The summed E-state index contributed by atoms with van der Waals surface area (Å²) in [4.78, 5) is 25.9. The molecule has 0 saturated carbocycles. The summed E-state index contributed by atoms with van der Waals surface area (Å²) in [5, 5.41) is 6.73. The van der Waals surface area contributed by atoms with E-state index < -0.39 is 17.7 Å². The first-order chi connectivity index (χ1) is 13.5. The van der Waals surface area contributed by atoms with Gasteiger partial charge < -0.3 is 20.1 Å². The predicted octanol–water partition coefficient (Wildman–Crippen LogP) is 3.85. The Morgan fingerprint density at radius 1 is 1.24 bits per heavy atom. The van der Waals surface area contributed by atoms with Crippen LogP contribution in [0.2, 0.25) is 0 Å². The van der Waals surface area contributed by atoms with E-state index in [9.17, 15) is 14.0 Å². The molecule has 3 rings (SSSR count). The van der Waals surface area contributed by atoms with Crippen LogP contribution in [0.5, 0.6) is 5.75 Å². The first kappa shape index (κ1) is 21.3. The molecule has 2 N–H and O–H groups in total. The molecule has 0 fully saturated rings. The van der Waals surface area contributed by atoms with Gasteiger partial charge in [-0.1, -0.05) is 12.1 Å². The zero-order valence-corrected chi connectivity index (χ0v) is 18.0. The second-order valence-corrected chi connectivity index (χ2v) is 9.20. The van der Waals surface area contributed by atoms with E-state index in [0.29, 0.717) is 17.0 Å². The summed E-state index contributed by atoms with van der Waals surface area (Å²) in [6.07, 6.45) is 0.619. The van der Waals surface area contributed by atoms with E-state index in [1.54, 1.807) is 12.1 Å². The lowest BCUT2D eigenvalue weighted by Crippen LogP contribution is -2.55. The van der Waals surface area contributed by atoms with Crippen LogP contribution in [-0.2, 0) is 21.5 Å². The third-order valence-electron chi connectivity index (χ3n) is 4.68. The smallest absolute Gasteiger partial charge is 0.341 e. The Kier molecular flexibility index (Phi) is 5.69. The number of anilines is 1. The Hall–Kier alpha value is -2.45. The van der Waals surface area contributed by atoms with Gasteiger partial charge >= 0.3 is 5.97 Å². The third-order valence-corrected chi connectivity index (χ3v) is 6.15. The first-order valence-electron chi connectivity index (χ1n) is 9.25. The maximum atomic E-state index is 13.7. The minimum Gasteiger partial charge on any atom is -0.481 e. The highest BCUT2D eigenvalue weighted by Gasteiger charge is 2.42. The fourth-order valence-corrected chi connectivity index (χ4v) is 5.08. The highest BCUT2D eigenvalue weighted by Crippen LogP contribution is 2.45. The number of hydrogen-bond donors (Lipinski definition) is 2. The lowest BCUT2D eigenvalue weighted by atomic mass is 9.81. The molecular weight excluding hydrogens is 395 g/mol. The number of ether oxygens (including phenoxy) is 2. The van der Waals surface area contributed by atoms with Crippen LogP contribution in [0.1, 0.15) is 48.5 Å². The summed E-state index contributed by atoms with van der Waals surface area (Å²) in [6, 6.07) is 5.86. The van der Waals surface area contributed by atoms with Crippen LogP contribution in [-0.4, -0.2) is 31.1 Å². The Bertz CT molecular complexity index is 952. The van der Waals surface area contributed by atoms with Gasteiger partial charge in [0.15, 0.2) is 18.2 Å². The molecule has 8 heteroatoms. The largest absolute Gasteiger partial charge is 0.481 e. The van der Waals surface area contributed by atoms with Gasteiger partial charge in [0.25, 0.3) is 5.91 Å². The summed E-state index contributed by atoms with van der Waals surface area (Å²) in [7, 11) is 1.32. The van der Waals surface area contributed by atoms with E-state index in [-0.39, 0.29) is 23.4 Å². The quantitative estimate of drug-likeness (QED) is 0.719. The molecule has 1 amide bonds. The number of halogens is 1. The number of carbonyl (C=O) groups is 2. The predicted molar refractivity (Wildman–Crippen MR) is 110 cm³/mol. The van der Waals surface area contributed by atoms with Crippen LogP contribution >= 0.6 is 11.3 Å². The van der Waals surface area contributed by atoms with Gasteiger partial charge in [0.1, 0.15) is 5.00 Å². The van der Waals surface area contributed by atoms with Gasteiger partial charge in [0, 0.05) is 16.0 Å². The second-order valence-electron chi connectivity index (χ2n) is 8.18. The highest BCUT2D eigenvalue weighted by atomic mass is 32.1. The molecule has 1 aliphatic heterocycles. The molecule has 0 atom stereocenters. The molecule has 0 bridgehead atoms. The normalized spacial score (nSPS) is 16.6. The average molecular weight is 421 g/mol. The zero-order chi connectivity index (χ0) is 21.4. The van der Waals surface area contributed by atoms with E-state index in [1.165, 1.54) is 30.6 Å². The Balaban J connectivity index is 1.87. The zero-order valence-electron chi connectivity index (χ0n) is 17.1. The molecule has 0 radical (unpaired) electrons. The molecule has 0 aliphatic carbocycles. The van der Waals surface area contributed by atoms with E-state index in [2.05, 4.69) is 24.5 Å². The van der Waals surface area contributed by atoms with Gasteiger partial charge in [-0.05, 0) is 51.8 Å². The van der Waals surface area contributed by atoms with Gasteiger partial charge in [0.2, 0.25) is 0 Å². The Morgan fingerprint density at radius 3 is 2.59 bits per heavy atom. The van der Waals surface area contributed by atoms with Gasteiger partial charge in [-0.2, -0.15) is 0 Å². The van der Waals surface area contributed by atoms with Crippen molar-refractivity contribution in [3.05, 3.63) is 46.1 Å². The van der Waals surface area contributed by atoms with Crippen molar-refractivity contribution in [3.63, 3.8) is 0 Å². The molecule has 2 aromatic rings. The number of rotatable bonds is 5. The van der Waals surface area contributed by atoms with Gasteiger partial charge in [0.05, 0.1) is 12.7 Å². The summed E-state index contributed by atoms with van der Waals surface area (Å²) in [6.45, 7) is 7.83. The van der Waals surface area contributed by atoms with E-state index >= 15 is 0 Å². The van der Waals surface area contributed by atoms with Gasteiger partial charge in [-0.3, -0.25) is 4.79 Å². The molecule has 1 aromatic heterocycles. The van der Waals surface area contributed by atoms with Crippen LogP contribution in [0.4, 0.5) is 9.39 Å². The van der Waals surface area contributed by atoms with Gasteiger partial charge in [-0.25, -0.2) is 9.18 Å². The molecule has 1 aliphatic rings. The molecule has 0 spiro atoms. The van der Waals surface area contributed by atoms with Crippen molar-refractivity contribution in [1.82, 2.24) is 5.32 Å². The van der Waals surface area contributed by atoms with Gasteiger partial charge in [-0.15, -0.1) is 11.3 Å². The lowest BCUT2D eigenvalue weighted by molar-refractivity contribution is -0.118. The molecule has 29 heavy (non-hydrogen) atoms. The molecular formula is C21H25FN2O4S. The monoisotopic (exact) mass is 420 g/mol. The molecule has 6 nitrogen and oxygen atoms in total. The highest BCUT2D eigenvalue weighted by molar-refractivity contribution is 7.17. The Labute approximate surface area is 173 Å². The minimum absolute atomic E-state index is 0.00611. The topological polar surface area (TPSA) is 76.7 Å². The van der Waals surface area contributed by atoms with Crippen molar-refractivity contribution in [2.75, 3.05) is 19.0 Å². The maximum Gasteiger partial charge on any atom is 0.341 e. The number of thiophene rings is 1. The van der Waals surface area contributed by atoms with Crippen LogP contribution < -0.4 is 15.4 Å². The minimum atomic E-state index is -0.544. The standard InChI is InChI=1S/C21H25FN2O4S/c1-20(2)10-12-16(19(26)27-5)18(29-17(12)21(3,4)24-20)23-15(25)11-28-14-9-7-6-8-13(14)22/h6-9,24H,10-11H2,1-5H3,(H,23,25). The molecule has 156 valence electrons. The van der Waals surface area contributed by atoms with Crippen molar-refractivity contribution in [1.29, 1.82) is 0 Å². The summed E-state index contributed by atoms with van der Waals surface area (Å²) in [5.41, 5.74) is 0.641. The van der Waals surface area contributed by atoms with Crippen molar-refractivity contribution in [2.24, 2.45) is 0 Å². The number of nitrogens with one attached hydrogen (secondary N) is 2. The number of benzene rings is 1. The average Bonchev–Trinajstić information content (AvgIpc) is 2.97. The van der Waals surface area contributed by atoms with E-state index in [4.69, 9.17) is 9.47 Å². The maximum absolute atomic E-state index is 13.7. The summed E-state index contributed by atoms with van der Waals surface area (Å²) < 4.78 is 23.9. The molecule has 2 heterocycles. The van der Waals surface area contributed by atoms with Crippen LogP contribution in [0.25, 0.3) is 0 Å². The van der Waals surface area contributed by atoms with Crippen LogP contribution in [0.3, 0.4) is 0 Å². The van der Waals surface area contributed by atoms with Crippen LogP contribution in [0.15, 0.2) is 24.3 Å².